The first-order valence-corrected chi connectivity index (χ1v) is 9.90. The molecule has 0 saturated heterocycles. The van der Waals surface area contributed by atoms with Crippen LogP contribution >= 0.6 is 11.6 Å². The smallest absolute Gasteiger partial charge is 0.255 e. The second-order valence-corrected chi connectivity index (χ2v) is 7.90. The number of halogens is 1. The van der Waals surface area contributed by atoms with Gasteiger partial charge in [0.15, 0.2) is 0 Å². The maximum absolute atomic E-state index is 12.4. The van der Waals surface area contributed by atoms with Crippen LogP contribution in [-0.4, -0.2) is 27.5 Å². The molecule has 1 atom stereocenters. The highest BCUT2D eigenvalue weighted by molar-refractivity contribution is 7.89. The van der Waals surface area contributed by atoms with Crippen LogP contribution in [-0.2, 0) is 10.0 Å². The molecule has 2 aromatic rings. The maximum Gasteiger partial charge on any atom is 0.255 e. The Labute approximate surface area is 158 Å². The van der Waals surface area contributed by atoms with Crippen LogP contribution in [0.25, 0.3) is 0 Å². The molecule has 26 heavy (non-hydrogen) atoms. The van der Waals surface area contributed by atoms with Crippen molar-refractivity contribution in [1.82, 2.24) is 4.72 Å². The summed E-state index contributed by atoms with van der Waals surface area (Å²) in [6, 6.07) is 10.4. The van der Waals surface area contributed by atoms with Crippen molar-refractivity contribution < 1.29 is 17.9 Å². The van der Waals surface area contributed by atoms with Crippen LogP contribution in [0.5, 0.6) is 5.75 Å². The number of benzene rings is 2. The van der Waals surface area contributed by atoms with Crippen LogP contribution in [0.4, 0.5) is 5.69 Å². The highest BCUT2D eigenvalue weighted by atomic mass is 35.5. The third-order valence-corrected chi connectivity index (χ3v) is 5.65. The lowest BCUT2D eigenvalue weighted by Crippen LogP contribution is -2.32. The number of sulfonamides is 1. The molecule has 6 nitrogen and oxygen atoms in total. The first-order chi connectivity index (χ1) is 12.3. The lowest BCUT2D eigenvalue weighted by molar-refractivity contribution is 0.102. The quantitative estimate of drug-likeness (QED) is 0.747. The number of ether oxygens (including phenoxy) is 1. The van der Waals surface area contributed by atoms with E-state index in [9.17, 15) is 13.2 Å². The summed E-state index contributed by atoms with van der Waals surface area (Å²) in [7, 11) is -2.12. The van der Waals surface area contributed by atoms with E-state index >= 15 is 0 Å². The second kappa shape index (κ2) is 8.53. The minimum Gasteiger partial charge on any atom is -0.495 e. The first kappa shape index (κ1) is 20.2. The fourth-order valence-corrected chi connectivity index (χ4v) is 3.67. The van der Waals surface area contributed by atoms with E-state index in [1.165, 1.54) is 31.4 Å². The average molecular weight is 397 g/mol. The highest BCUT2D eigenvalue weighted by Crippen LogP contribution is 2.28. The predicted octanol–water partition coefficient (Wildman–Crippen LogP) is 3.68. The molecule has 0 heterocycles. The van der Waals surface area contributed by atoms with Gasteiger partial charge in [0.25, 0.3) is 5.91 Å². The van der Waals surface area contributed by atoms with Gasteiger partial charge in [-0.1, -0.05) is 18.5 Å². The van der Waals surface area contributed by atoms with Crippen LogP contribution < -0.4 is 14.8 Å². The number of carbonyl (C=O) groups excluding carboxylic acids is 1. The van der Waals surface area contributed by atoms with E-state index in [4.69, 9.17) is 16.3 Å². The van der Waals surface area contributed by atoms with Gasteiger partial charge in [0.1, 0.15) is 5.75 Å². The van der Waals surface area contributed by atoms with Gasteiger partial charge >= 0.3 is 0 Å². The zero-order valence-corrected chi connectivity index (χ0v) is 16.3. The molecular weight excluding hydrogens is 376 g/mol. The Kier molecular flexibility index (Phi) is 6.63. The molecule has 0 aliphatic carbocycles. The maximum atomic E-state index is 12.4. The van der Waals surface area contributed by atoms with Crippen LogP contribution in [0, 0.1) is 0 Å². The summed E-state index contributed by atoms with van der Waals surface area (Å²) >= 11 is 5.95. The molecule has 2 aromatic carbocycles. The van der Waals surface area contributed by atoms with Crippen LogP contribution in [0.3, 0.4) is 0 Å². The largest absolute Gasteiger partial charge is 0.495 e. The van der Waals surface area contributed by atoms with Gasteiger partial charge in [0.05, 0.1) is 17.7 Å². The lowest BCUT2D eigenvalue weighted by atomic mass is 10.2. The third-order valence-electron chi connectivity index (χ3n) is 3.81. The van der Waals surface area contributed by atoms with Gasteiger partial charge in [0.2, 0.25) is 10.0 Å². The summed E-state index contributed by atoms with van der Waals surface area (Å²) in [6.45, 7) is 3.68. The third kappa shape index (κ3) is 4.97. The minimum absolute atomic E-state index is 0.106. The lowest BCUT2D eigenvalue weighted by Gasteiger charge is -2.13. The van der Waals surface area contributed by atoms with Gasteiger partial charge in [-0.25, -0.2) is 13.1 Å². The van der Waals surface area contributed by atoms with Crippen molar-refractivity contribution in [2.24, 2.45) is 0 Å². The summed E-state index contributed by atoms with van der Waals surface area (Å²) in [5, 5.41) is 3.16. The van der Waals surface area contributed by atoms with Crippen molar-refractivity contribution in [3.05, 3.63) is 53.1 Å². The summed E-state index contributed by atoms with van der Waals surface area (Å²) in [4.78, 5) is 12.5. The van der Waals surface area contributed by atoms with Crippen molar-refractivity contribution >= 4 is 33.2 Å². The van der Waals surface area contributed by atoms with Crippen molar-refractivity contribution in [3.8, 4) is 5.75 Å². The molecule has 8 heteroatoms. The number of carbonyl (C=O) groups is 1. The first-order valence-electron chi connectivity index (χ1n) is 8.04. The Morgan fingerprint density at radius 2 is 1.85 bits per heavy atom. The molecule has 140 valence electrons. The molecule has 0 unspecified atom stereocenters. The summed E-state index contributed by atoms with van der Waals surface area (Å²) in [5.74, 6) is 0.0732. The monoisotopic (exact) mass is 396 g/mol. The van der Waals surface area contributed by atoms with Crippen molar-refractivity contribution in [3.63, 3.8) is 0 Å². The molecule has 2 N–H and O–H groups in total. The average Bonchev–Trinajstić information content (AvgIpc) is 2.61. The fraction of sp³-hybridized carbons (Fsp3) is 0.278. The Bertz CT molecular complexity index is 883. The number of anilines is 1. The number of methoxy groups -OCH3 is 1. The fourth-order valence-electron chi connectivity index (χ4n) is 2.17. The number of amides is 1. The van der Waals surface area contributed by atoms with E-state index in [1.54, 1.807) is 25.1 Å². The highest BCUT2D eigenvalue weighted by Gasteiger charge is 2.17. The molecule has 1 amide bonds. The van der Waals surface area contributed by atoms with Crippen LogP contribution in [0.15, 0.2) is 47.4 Å². The van der Waals surface area contributed by atoms with Gasteiger partial charge < -0.3 is 10.1 Å². The van der Waals surface area contributed by atoms with E-state index < -0.39 is 15.9 Å². The summed E-state index contributed by atoms with van der Waals surface area (Å²) < 4.78 is 32.3. The summed E-state index contributed by atoms with van der Waals surface area (Å²) in [6.07, 6.45) is 0.682. The molecule has 0 aliphatic heterocycles. The van der Waals surface area contributed by atoms with Gasteiger partial charge in [-0.3, -0.25) is 4.79 Å². The topological polar surface area (TPSA) is 84.5 Å². The van der Waals surface area contributed by atoms with Gasteiger partial charge in [-0.05, 0) is 55.8 Å². The molecule has 0 spiro atoms. The van der Waals surface area contributed by atoms with Crippen molar-refractivity contribution in [2.45, 2.75) is 31.2 Å². The Balaban J connectivity index is 2.18. The number of rotatable bonds is 7. The number of nitrogens with one attached hydrogen (secondary N) is 2. The van der Waals surface area contributed by atoms with E-state index in [1.807, 2.05) is 6.92 Å². The summed E-state index contributed by atoms with van der Waals surface area (Å²) in [5.41, 5.74) is 0.745. The zero-order chi connectivity index (χ0) is 19.3. The van der Waals surface area contributed by atoms with Gasteiger partial charge in [0, 0.05) is 16.6 Å². The number of hydrogen-bond donors (Lipinski definition) is 2. The van der Waals surface area contributed by atoms with E-state index in [-0.39, 0.29) is 10.9 Å². The molecular formula is C18H21ClN2O4S. The molecule has 0 bridgehead atoms. The van der Waals surface area contributed by atoms with Gasteiger partial charge in [-0.15, -0.1) is 0 Å². The molecule has 0 saturated carbocycles. The van der Waals surface area contributed by atoms with Gasteiger partial charge in [-0.2, -0.15) is 0 Å². The molecule has 2 rings (SSSR count). The Morgan fingerprint density at radius 3 is 2.42 bits per heavy atom. The molecule has 0 aliphatic rings. The predicted molar refractivity (Wildman–Crippen MR) is 102 cm³/mol. The second-order valence-electron chi connectivity index (χ2n) is 5.75. The van der Waals surface area contributed by atoms with E-state index in [2.05, 4.69) is 10.0 Å². The standard InChI is InChI=1S/C18H21ClN2O4S/c1-4-12(2)21-26(23,24)15-8-5-13(6-9-15)18(22)20-16-11-14(19)7-10-17(16)25-3/h5-12,21H,4H2,1-3H3,(H,20,22)/t12-/m0/s1. The Hall–Kier alpha value is -2.09. The van der Waals surface area contributed by atoms with Crippen LogP contribution in [0.2, 0.25) is 5.02 Å². The van der Waals surface area contributed by atoms with E-state index in [0.717, 1.165) is 0 Å². The Morgan fingerprint density at radius 1 is 1.19 bits per heavy atom. The van der Waals surface area contributed by atoms with Crippen molar-refractivity contribution in [1.29, 1.82) is 0 Å². The zero-order valence-electron chi connectivity index (χ0n) is 14.7. The molecule has 0 aromatic heterocycles. The van der Waals surface area contributed by atoms with Crippen LogP contribution in [0.1, 0.15) is 30.6 Å². The minimum atomic E-state index is -3.61. The SMILES string of the molecule is CC[C@H](C)NS(=O)(=O)c1ccc(C(=O)Nc2cc(Cl)ccc2OC)cc1. The number of hydrogen-bond acceptors (Lipinski definition) is 4. The normalized spacial score (nSPS) is 12.5. The molecule has 0 radical (unpaired) electrons. The van der Waals surface area contributed by atoms with E-state index in [0.29, 0.717) is 28.4 Å². The van der Waals surface area contributed by atoms with Crippen molar-refractivity contribution in [2.75, 3.05) is 12.4 Å². The molecule has 0 fully saturated rings.